The molecular formula is C22H24AsF4N5O. The Hall–Kier alpha value is -2.58. The first-order chi connectivity index (χ1) is 15.6. The number of amides is 1. The first kappa shape index (κ1) is 23.6. The number of hydrogen-bond donors (Lipinski definition) is 1. The Morgan fingerprint density at radius 1 is 1.24 bits per heavy atom. The average Bonchev–Trinajstić information content (AvgIpc) is 3.19. The zero-order valence-corrected chi connectivity index (χ0v) is 20.4. The topological polar surface area (TPSA) is 55.5 Å². The van der Waals surface area contributed by atoms with Crippen LogP contribution in [0, 0.1) is 12.7 Å². The van der Waals surface area contributed by atoms with Crippen LogP contribution >= 0.6 is 0 Å². The SMILES string of the molecule is Cc1cc(N2C([AsH2])=CC=CC2CN2CCN(C(=O)c3cccc(C(F)(F)F)c3F)CC2)n[nH]1. The van der Waals surface area contributed by atoms with Crippen molar-refractivity contribution < 1.29 is 22.4 Å². The second-order valence-electron chi connectivity index (χ2n) is 8.08. The number of anilines is 1. The van der Waals surface area contributed by atoms with E-state index < -0.39 is 29.0 Å². The summed E-state index contributed by atoms with van der Waals surface area (Å²) in [7, 11) is 0. The fourth-order valence-corrected chi connectivity index (χ4v) is 5.01. The molecule has 0 bridgehead atoms. The van der Waals surface area contributed by atoms with Gasteiger partial charge in [0, 0.05) is 0 Å². The van der Waals surface area contributed by atoms with Gasteiger partial charge in [0.15, 0.2) is 0 Å². The van der Waals surface area contributed by atoms with Gasteiger partial charge in [0.05, 0.1) is 0 Å². The number of allylic oxidation sites excluding steroid dienone is 2. The van der Waals surface area contributed by atoms with Gasteiger partial charge in [-0.25, -0.2) is 0 Å². The van der Waals surface area contributed by atoms with E-state index in [1.54, 1.807) is 0 Å². The summed E-state index contributed by atoms with van der Waals surface area (Å²) in [5.41, 5.74) is -1.00. The van der Waals surface area contributed by atoms with Gasteiger partial charge in [0.2, 0.25) is 0 Å². The minimum atomic E-state index is -4.85. The summed E-state index contributed by atoms with van der Waals surface area (Å²) in [6, 6.07) is 4.86. The van der Waals surface area contributed by atoms with Crippen LogP contribution in [0.4, 0.5) is 23.4 Å². The molecule has 1 fully saturated rings. The van der Waals surface area contributed by atoms with Crippen LogP contribution in [0.2, 0.25) is 0 Å². The predicted molar refractivity (Wildman–Crippen MR) is 119 cm³/mol. The summed E-state index contributed by atoms with van der Waals surface area (Å²) < 4.78 is 54.5. The first-order valence-corrected chi connectivity index (χ1v) is 11.7. The van der Waals surface area contributed by atoms with Crippen molar-refractivity contribution in [1.82, 2.24) is 20.0 Å². The summed E-state index contributed by atoms with van der Waals surface area (Å²) in [6.07, 6.45) is 1.32. The number of carbonyl (C=O) groups excluding carboxylic acids is 1. The van der Waals surface area contributed by atoms with Crippen molar-refractivity contribution in [3.05, 3.63) is 69.6 Å². The molecule has 1 N–H and O–H groups in total. The van der Waals surface area contributed by atoms with Gasteiger partial charge in [-0.3, -0.25) is 0 Å². The van der Waals surface area contributed by atoms with Gasteiger partial charge in [-0.05, 0) is 6.07 Å². The van der Waals surface area contributed by atoms with E-state index in [0.717, 1.165) is 28.1 Å². The van der Waals surface area contributed by atoms with Crippen molar-refractivity contribution in [3.8, 4) is 0 Å². The van der Waals surface area contributed by atoms with Gasteiger partial charge < -0.3 is 0 Å². The van der Waals surface area contributed by atoms with Crippen LogP contribution < -0.4 is 4.90 Å². The molecule has 2 unspecified atom stereocenters. The molecule has 1 amide bonds. The Morgan fingerprint density at radius 3 is 2.61 bits per heavy atom. The molecule has 0 radical (unpaired) electrons. The van der Waals surface area contributed by atoms with Gasteiger partial charge in [0.25, 0.3) is 0 Å². The molecule has 6 nitrogen and oxygen atoms in total. The van der Waals surface area contributed by atoms with E-state index in [1.807, 2.05) is 25.1 Å². The normalized spacial score (nSPS) is 19.7. The number of nitrogens with zero attached hydrogens (tertiary/aromatic N) is 4. The van der Waals surface area contributed by atoms with Crippen LogP contribution in [0.3, 0.4) is 0 Å². The Morgan fingerprint density at radius 2 is 1.97 bits per heavy atom. The number of rotatable bonds is 4. The summed E-state index contributed by atoms with van der Waals surface area (Å²) >= 11 is 1.49. The molecule has 4 rings (SSSR count). The summed E-state index contributed by atoms with van der Waals surface area (Å²) in [5, 5.41) is 7.35. The summed E-state index contributed by atoms with van der Waals surface area (Å²) in [6.45, 7) is 4.34. The molecule has 0 aliphatic carbocycles. The van der Waals surface area contributed by atoms with Crippen molar-refractivity contribution in [2.45, 2.75) is 19.1 Å². The van der Waals surface area contributed by atoms with Crippen LogP contribution in [-0.2, 0) is 6.18 Å². The Labute approximate surface area is 197 Å². The molecule has 3 heterocycles. The van der Waals surface area contributed by atoms with Gasteiger partial charge in [-0.15, -0.1) is 0 Å². The number of halogens is 4. The van der Waals surface area contributed by atoms with Crippen LogP contribution in [-0.4, -0.2) is 81.5 Å². The zero-order valence-electron chi connectivity index (χ0n) is 17.9. The van der Waals surface area contributed by atoms with Crippen LogP contribution in [0.25, 0.3) is 0 Å². The van der Waals surface area contributed by atoms with Crippen molar-refractivity contribution in [1.29, 1.82) is 0 Å². The number of alkyl halides is 3. The number of piperazine rings is 1. The predicted octanol–water partition coefficient (Wildman–Crippen LogP) is 2.55. The van der Waals surface area contributed by atoms with Crippen molar-refractivity contribution in [2.24, 2.45) is 0 Å². The van der Waals surface area contributed by atoms with E-state index in [0.29, 0.717) is 38.8 Å². The fraction of sp³-hybridized carbons (Fsp3) is 0.364. The van der Waals surface area contributed by atoms with Crippen molar-refractivity contribution >= 4 is 28.6 Å². The molecule has 2 aromatic rings. The monoisotopic (exact) mass is 525 g/mol. The maximum atomic E-state index is 14.4. The Bertz CT molecular complexity index is 1090. The minimum absolute atomic E-state index is 0.0581. The summed E-state index contributed by atoms with van der Waals surface area (Å²) in [4.78, 5) is 18.5. The Balaban J connectivity index is 1.41. The third-order valence-electron chi connectivity index (χ3n) is 5.79. The quantitative estimate of drug-likeness (QED) is 0.493. The molecule has 0 spiro atoms. The molecule has 1 aromatic carbocycles. The second-order valence-corrected chi connectivity index (χ2v) is 9.32. The molecule has 33 heavy (non-hydrogen) atoms. The van der Waals surface area contributed by atoms with E-state index in [1.165, 1.54) is 21.8 Å². The molecule has 2 aliphatic rings. The van der Waals surface area contributed by atoms with E-state index in [9.17, 15) is 22.4 Å². The van der Waals surface area contributed by atoms with E-state index in [2.05, 4.69) is 26.1 Å². The maximum absolute atomic E-state index is 14.4. The number of aromatic amines is 1. The molecule has 2 aliphatic heterocycles. The number of H-pyrrole nitrogens is 1. The zero-order chi connectivity index (χ0) is 23.8. The molecule has 1 saturated heterocycles. The molecule has 11 heteroatoms. The molecule has 0 saturated carbocycles. The number of nitrogens with one attached hydrogen (secondary N) is 1. The van der Waals surface area contributed by atoms with Gasteiger partial charge >= 0.3 is 178 Å². The third-order valence-corrected chi connectivity index (χ3v) is 6.78. The number of aromatic nitrogens is 2. The van der Waals surface area contributed by atoms with Gasteiger partial charge in [-0.2, -0.15) is 13.2 Å². The number of hydrogen-bond acceptors (Lipinski definition) is 4. The van der Waals surface area contributed by atoms with Crippen molar-refractivity contribution in [3.63, 3.8) is 0 Å². The standard InChI is InChI=1S/C22H24AsF4N5O/c1-14-12-19(29-28-14)32-15(4-2-7-18(32)23)13-30-8-10-31(11-9-30)21(33)16-5-3-6-17(20(16)24)22(25,26)27/h2-7,12,15H,8-11,13,23H2,1H3,(H,28,29). The van der Waals surface area contributed by atoms with Crippen LogP contribution in [0.15, 0.2) is 47.0 Å². The van der Waals surface area contributed by atoms with E-state index in [4.69, 9.17) is 0 Å². The Kier molecular flexibility index (Phi) is 6.68. The molecule has 1 aromatic heterocycles. The van der Waals surface area contributed by atoms with Crippen LogP contribution in [0.1, 0.15) is 21.6 Å². The number of aryl methyl sites for hydroxylation is 1. The second kappa shape index (κ2) is 9.35. The summed E-state index contributed by atoms with van der Waals surface area (Å²) in [5.74, 6) is -1.39. The van der Waals surface area contributed by atoms with E-state index >= 15 is 0 Å². The van der Waals surface area contributed by atoms with Crippen LogP contribution in [0.5, 0.6) is 0 Å². The molecule has 2 atom stereocenters. The number of carbonyl (C=O) groups is 1. The average molecular weight is 525 g/mol. The fourth-order valence-electron chi connectivity index (χ4n) is 4.10. The number of benzene rings is 1. The van der Waals surface area contributed by atoms with Gasteiger partial charge in [-0.1, -0.05) is 0 Å². The third kappa shape index (κ3) is 5.01. The van der Waals surface area contributed by atoms with Gasteiger partial charge in [0.1, 0.15) is 0 Å². The van der Waals surface area contributed by atoms with Crippen molar-refractivity contribution in [2.75, 3.05) is 37.6 Å². The molecule has 176 valence electrons. The molecular weight excluding hydrogens is 501 g/mol. The first-order valence-electron chi connectivity index (χ1n) is 10.5. The van der Waals surface area contributed by atoms with E-state index in [-0.39, 0.29) is 6.04 Å².